The number of carbonyl (C=O) groups excluding carboxylic acids is 1. The lowest BCUT2D eigenvalue weighted by molar-refractivity contribution is -0.145. The van der Waals surface area contributed by atoms with Crippen LogP contribution in [0.3, 0.4) is 0 Å². The van der Waals surface area contributed by atoms with Gasteiger partial charge in [-0.1, -0.05) is 44.2 Å². The molecule has 5 nitrogen and oxygen atoms in total. The summed E-state index contributed by atoms with van der Waals surface area (Å²) in [5, 5.41) is 9.89. The number of nitrogens with zero attached hydrogens (tertiary/aromatic N) is 1. The summed E-state index contributed by atoms with van der Waals surface area (Å²) in [6.45, 7) is 5.65. The minimum Gasteiger partial charge on any atom is -0.493 e. The van der Waals surface area contributed by atoms with Gasteiger partial charge in [0.2, 0.25) is 0 Å². The molecule has 1 saturated heterocycles. The number of rotatable bonds is 6. The summed E-state index contributed by atoms with van der Waals surface area (Å²) >= 11 is 0. The molecule has 3 rings (SSSR count). The minimum atomic E-state index is -0.924. The molecule has 0 unspecified atom stereocenters. The van der Waals surface area contributed by atoms with Gasteiger partial charge in [0.15, 0.2) is 0 Å². The molecule has 1 fully saturated rings. The van der Waals surface area contributed by atoms with Crippen molar-refractivity contribution in [1.29, 1.82) is 0 Å². The number of piperidine rings is 1. The number of carbonyl (C=O) groups is 2. The summed E-state index contributed by atoms with van der Waals surface area (Å²) in [7, 11) is 0. The predicted molar refractivity (Wildman–Crippen MR) is 108 cm³/mol. The van der Waals surface area contributed by atoms with Crippen molar-refractivity contribution >= 4 is 11.9 Å². The molecule has 0 aromatic heterocycles. The van der Waals surface area contributed by atoms with Gasteiger partial charge in [0.25, 0.3) is 5.91 Å². The number of hydrogen-bond donors (Lipinski definition) is 1. The van der Waals surface area contributed by atoms with Gasteiger partial charge in [0.05, 0.1) is 12.0 Å². The van der Waals surface area contributed by atoms with E-state index in [1.54, 1.807) is 17.0 Å². The van der Waals surface area contributed by atoms with Gasteiger partial charge in [-0.2, -0.15) is 0 Å². The van der Waals surface area contributed by atoms with Crippen LogP contribution in [0.25, 0.3) is 0 Å². The molecule has 28 heavy (non-hydrogen) atoms. The molecule has 0 bridgehead atoms. The van der Waals surface area contributed by atoms with Crippen molar-refractivity contribution in [1.82, 2.24) is 4.90 Å². The number of benzene rings is 2. The van der Waals surface area contributed by atoms with Gasteiger partial charge < -0.3 is 14.7 Å². The molecule has 1 amide bonds. The first-order valence-electron chi connectivity index (χ1n) is 9.73. The quantitative estimate of drug-likeness (QED) is 0.822. The van der Waals surface area contributed by atoms with Crippen molar-refractivity contribution in [3.05, 3.63) is 65.7 Å². The van der Waals surface area contributed by atoms with Crippen molar-refractivity contribution in [2.75, 3.05) is 19.7 Å². The second kappa shape index (κ2) is 8.46. The lowest BCUT2D eigenvalue weighted by atomic mass is 9.73. The van der Waals surface area contributed by atoms with Gasteiger partial charge in [0, 0.05) is 18.7 Å². The largest absolute Gasteiger partial charge is 0.493 e. The average Bonchev–Trinajstić information content (AvgIpc) is 2.72. The molecule has 5 heteroatoms. The van der Waals surface area contributed by atoms with Gasteiger partial charge in [-0.15, -0.1) is 0 Å². The number of carboxylic acid groups (broad SMARTS) is 1. The standard InChI is InChI=1S/C23H27NO4/c1-17(2)16-28-20-10-8-18(9-11-20)21(25)24-14-12-23(13-15-24,22(26)27)19-6-4-3-5-7-19/h3-11,17H,12-16H2,1-2H3,(H,26,27). The molecule has 1 heterocycles. The molecule has 0 saturated carbocycles. The maximum absolute atomic E-state index is 12.8. The van der Waals surface area contributed by atoms with Crippen LogP contribution in [0, 0.1) is 5.92 Å². The van der Waals surface area contributed by atoms with Crippen molar-refractivity contribution in [3.63, 3.8) is 0 Å². The van der Waals surface area contributed by atoms with Gasteiger partial charge in [-0.3, -0.25) is 9.59 Å². The summed E-state index contributed by atoms with van der Waals surface area (Å²) in [4.78, 5) is 26.6. The fourth-order valence-electron chi connectivity index (χ4n) is 3.61. The number of likely N-dealkylation sites (tertiary alicyclic amines) is 1. The fraction of sp³-hybridized carbons (Fsp3) is 0.391. The van der Waals surface area contributed by atoms with Crippen molar-refractivity contribution in [3.8, 4) is 5.75 Å². The van der Waals surface area contributed by atoms with E-state index in [0.29, 0.717) is 44.0 Å². The van der Waals surface area contributed by atoms with Crippen LogP contribution < -0.4 is 4.74 Å². The number of aliphatic carboxylic acids is 1. The van der Waals surface area contributed by atoms with Crippen LogP contribution in [0.1, 0.15) is 42.6 Å². The molecule has 1 aliphatic rings. The van der Waals surface area contributed by atoms with E-state index >= 15 is 0 Å². The molecule has 1 N–H and O–H groups in total. The third-order valence-corrected chi connectivity index (χ3v) is 5.32. The van der Waals surface area contributed by atoms with Gasteiger partial charge in [0.1, 0.15) is 5.75 Å². The van der Waals surface area contributed by atoms with Crippen molar-refractivity contribution < 1.29 is 19.4 Å². The van der Waals surface area contributed by atoms with E-state index in [1.165, 1.54) is 0 Å². The summed E-state index contributed by atoms with van der Waals surface area (Å²) in [6.07, 6.45) is 0.821. The molecule has 0 aliphatic carbocycles. The molecule has 0 spiro atoms. The van der Waals surface area contributed by atoms with Crippen LogP contribution in [0.15, 0.2) is 54.6 Å². The summed E-state index contributed by atoms with van der Waals surface area (Å²) in [5.41, 5.74) is 0.479. The normalized spacial score (nSPS) is 16.0. The first-order chi connectivity index (χ1) is 13.4. The Morgan fingerprint density at radius 3 is 2.18 bits per heavy atom. The van der Waals surface area contributed by atoms with Crippen LogP contribution >= 0.6 is 0 Å². The highest BCUT2D eigenvalue weighted by Gasteiger charge is 2.43. The highest BCUT2D eigenvalue weighted by Crippen LogP contribution is 2.36. The molecular weight excluding hydrogens is 354 g/mol. The first-order valence-corrected chi connectivity index (χ1v) is 9.73. The topological polar surface area (TPSA) is 66.8 Å². The van der Waals surface area contributed by atoms with E-state index in [-0.39, 0.29) is 5.91 Å². The zero-order valence-corrected chi connectivity index (χ0v) is 16.4. The van der Waals surface area contributed by atoms with Crippen LogP contribution in [0.4, 0.5) is 0 Å². The number of carboxylic acids is 1. The second-order valence-corrected chi connectivity index (χ2v) is 7.77. The summed E-state index contributed by atoms with van der Waals surface area (Å²) in [5.74, 6) is 0.298. The highest BCUT2D eigenvalue weighted by atomic mass is 16.5. The fourth-order valence-corrected chi connectivity index (χ4v) is 3.61. The Labute approximate surface area is 165 Å². The van der Waals surface area contributed by atoms with Crippen LogP contribution in [0.2, 0.25) is 0 Å². The minimum absolute atomic E-state index is 0.0672. The number of amides is 1. The Morgan fingerprint density at radius 2 is 1.64 bits per heavy atom. The third kappa shape index (κ3) is 4.19. The molecule has 0 atom stereocenters. The molecule has 2 aromatic carbocycles. The zero-order valence-electron chi connectivity index (χ0n) is 16.4. The number of ether oxygens (including phenoxy) is 1. The Bertz CT molecular complexity index is 806. The van der Waals surface area contributed by atoms with Crippen LogP contribution in [0.5, 0.6) is 5.75 Å². The monoisotopic (exact) mass is 381 g/mol. The molecule has 148 valence electrons. The lowest BCUT2D eigenvalue weighted by Gasteiger charge is -2.39. The molecule has 0 radical (unpaired) electrons. The Hall–Kier alpha value is -2.82. The van der Waals surface area contributed by atoms with Gasteiger partial charge >= 0.3 is 5.97 Å². The molecule has 2 aromatic rings. The Kier molecular flexibility index (Phi) is 6.02. The van der Waals surface area contributed by atoms with E-state index in [1.807, 2.05) is 42.5 Å². The zero-order chi connectivity index (χ0) is 20.1. The third-order valence-electron chi connectivity index (χ3n) is 5.32. The maximum Gasteiger partial charge on any atom is 0.314 e. The van der Waals surface area contributed by atoms with Crippen LogP contribution in [-0.4, -0.2) is 41.6 Å². The SMILES string of the molecule is CC(C)COc1ccc(C(=O)N2CCC(C(=O)O)(c3ccccc3)CC2)cc1. The second-order valence-electron chi connectivity index (χ2n) is 7.77. The average molecular weight is 381 g/mol. The summed E-state index contributed by atoms with van der Waals surface area (Å²) < 4.78 is 5.66. The van der Waals surface area contributed by atoms with Crippen molar-refractivity contribution in [2.24, 2.45) is 5.92 Å². The van der Waals surface area contributed by atoms with E-state index in [4.69, 9.17) is 4.74 Å². The van der Waals surface area contributed by atoms with E-state index in [0.717, 1.165) is 11.3 Å². The number of hydrogen-bond acceptors (Lipinski definition) is 3. The van der Waals surface area contributed by atoms with E-state index in [2.05, 4.69) is 13.8 Å². The Morgan fingerprint density at radius 1 is 1.04 bits per heavy atom. The van der Waals surface area contributed by atoms with Gasteiger partial charge in [-0.25, -0.2) is 0 Å². The highest BCUT2D eigenvalue weighted by molar-refractivity contribution is 5.94. The molecule has 1 aliphatic heterocycles. The van der Waals surface area contributed by atoms with E-state index < -0.39 is 11.4 Å². The Balaban J connectivity index is 1.67. The van der Waals surface area contributed by atoms with E-state index in [9.17, 15) is 14.7 Å². The predicted octanol–water partition coefficient (Wildman–Crippen LogP) is 3.98. The summed E-state index contributed by atoms with van der Waals surface area (Å²) in [6, 6.07) is 16.5. The van der Waals surface area contributed by atoms with Crippen LogP contribution in [-0.2, 0) is 10.2 Å². The molecular formula is C23H27NO4. The smallest absolute Gasteiger partial charge is 0.314 e. The first kappa shape index (κ1) is 19.9. The lowest BCUT2D eigenvalue weighted by Crippen LogP contribution is -2.49. The van der Waals surface area contributed by atoms with Crippen molar-refractivity contribution in [2.45, 2.75) is 32.1 Å². The van der Waals surface area contributed by atoms with Gasteiger partial charge in [-0.05, 0) is 48.6 Å². The maximum atomic E-state index is 12.8.